The number of carbonyl (C=O) groups excluding carboxylic acids is 1. The van der Waals surface area contributed by atoms with Crippen LogP contribution in [-0.2, 0) is 4.79 Å². The number of H-pyrrole nitrogens is 1. The molecule has 1 heterocycles. The van der Waals surface area contributed by atoms with Gasteiger partial charge in [-0.3, -0.25) is 4.79 Å². The van der Waals surface area contributed by atoms with Crippen molar-refractivity contribution in [2.45, 2.75) is 19.3 Å². The predicted octanol–water partition coefficient (Wildman–Crippen LogP) is 1.62. The molecule has 1 atom stereocenters. The molecule has 0 radical (unpaired) electrons. The van der Waals surface area contributed by atoms with Gasteiger partial charge in [-0.25, -0.2) is 4.98 Å². The summed E-state index contributed by atoms with van der Waals surface area (Å²) in [6.45, 7) is 1.86. The summed E-state index contributed by atoms with van der Waals surface area (Å²) in [6, 6.07) is 7.16. The zero-order valence-electron chi connectivity index (χ0n) is 8.93. The molecule has 82 valence electrons. The number of para-hydroxylation sites is 1. The molecule has 1 N–H and O–H groups in total. The molecule has 16 heavy (non-hydrogen) atoms. The average Bonchev–Trinajstić information content (AvgIpc) is 2.29. The Balaban J connectivity index is 2.58. The number of hydrogen-bond donors (Lipinski definition) is 1. The van der Waals surface area contributed by atoms with Crippen LogP contribution < -0.4 is 5.56 Å². The van der Waals surface area contributed by atoms with Gasteiger partial charge in [0.2, 0.25) is 0 Å². The molecule has 0 saturated carbocycles. The minimum atomic E-state index is -0.154. The number of fused-ring (bicyclic) bond motifs is 1. The van der Waals surface area contributed by atoms with Crippen LogP contribution in [0.4, 0.5) is 0 Å². The van der Waals surface area contributed by atoms with E-state index in [0.717, 1.165) is 6.29 Å². The van der Waals surface area contributed by atoms with Crippen molar-refractivity contribution in [2.24, 2.45) is 0 Å². The smallest absolute Gasteiger partial charge is 0.258 e. The molecule has 1 aromatic carbocycles. The molecule has 0 fully saturated rings. The number of aromatic amines is 1. The van der Waals surface area contributed by atoms with E-state index in [1.165, 1.54) is 0 Å². The molecule has 0 aliphatic rings. The van der Waals surface area contributed by atoms with Crippen molar-refractivity contribution in [3.8, 4) is 0 Å². The molecule has 2 rings (SSSR count). The van der Waals surface area contributed by atoms with Gasteiger partial charge in [0.25, 0.3) is 5.56 Å². The number of carbonyl (C=O) groups is 1. The molecule has 0 amide bonds. The summed E-state index contributed by atoms with van der Waals surface area (Å²) in [5.74, 6) is 0.505. The Morgan fingerprint density at radius 1 is 1.44 bits per heavy atom. The van der Waals surface area contributed by atoms with E-state index in [9.17, 15) is 9.59 Å². The molecule has 0 aliphatic carbocycles. The predicted molar refractivity (Wildman–Crippen MR) is 61.5 cm³/mol. The van der Waals surface area contributed by atoms with Crippen molar-refractivity contribution in [1.29, 1.82) is 0 Å². The quantitative estimate of drug-likeness (QED) is 0.793. The van der Waals surface area contributed by atoms with Gasteiger partial charge in [0.15, 0.2) is 0 Å². The van der Waals surface area contributed by atoms with Gasteiger partial charge in [0, 0.05) is 12.3 Å². The minimum absolute atomic E-state index is 0.0604. The van der Waals surface area contributed by atoms with Crippen LogP contribution in [0.3, 0.4) is 0 Å². The summed E-state index contributed by atoms with van der Waals surface area (Å²) in [5, 5.41) is 0.574. The maximum Gasteiger partial charge on any atom is 0.258 e. The topological polar surface area (TPSA) is 62.8 Å². The molecule has 0 saturated heterocycles. The highest BCUT2D eigenvalue weighted by Crippen LogP contribution is 2.14. The Hall–Kier alpha value is -1.97. The Labute approximate surface area is 92.3 Å². The second-order valence-corrected chi connectivity index (χ2v) is 3.77. The van der Waals surface area contributed by atoms with E-state index < -0.39 is 0 Å². The van der Waals surface area contributed by atoms with Gasteiger partial charge >= 0.3 is 0 Å². The Morgan fingerprint density at radius 3 is 2.94 bits per heavy atom. The second kappa shape index (κ2) is 4.26. The SMILES string of the molecule is C[C@@H](CC=O)c1nc2ccccc2c(=O)[nH]1. The zero-order valence-corrected chi connectivity index (χ0v) is 8.93. The first kappa shape index (κ1) is 10.5. The van der Waals surface area contributed by atoms with Crippen LogP contribution in [0.1, 0.15) is 25.1 Å². The number of aromatic nitrogens is 2. The number of benzene rings is 1. The fourth-order valence-electron chi connectivity index (χ4n) is 1.59. The highest BCUT2D eigenvalue weighted by Gasteiger charge is 2.09. The Morgan fingerprint density at radius 2 is 2.19 bits per heavy atom. The first-order valence-corrected chi connectivity index (χ1v) is 5.15. The van der Waals surface area contributed by atoms with Crippen molar-refractivity contribution in [3.63, 3.8) is 0 Å². The molecule has 4 heteroatoms. The van der Waals surface area contributed by atoms with Crippen LogP contribution >= 0.6 is 0 Å². The minimum Gasteiger partial charge on any atom is -0.310 e. The molecule has 0 spiro atoms. The molecule has 0 unspecified atom stereocenters. The number of hydrogen-bond acceptors (Lipinski definition) is 3. The number of nitrogens with zero attached hydrogens (tertiary/aromatic N) is 1. The molecule has 0 bridgehead atoms. The number of nitrogens with one attached hydrogen (secondary N) is 1. The van der Waals surface area contributed by atoms with Crippen molar-refractivity contribution < 1.29 is 4.79 Å². The summed E-state index contributed by atoms with van der Waals surface area (Å²) in [4.78, 5) is 29.2. The van der Waals surface area contributed by atoms with Crippen LogP contribution in [0.2, 0.25) is 0 Å². The van der Waals surface area contributed by atoms with Crippen LogP contribution in [0.25, 0.3) is 10.9 Å². The zero-order chi connectivity index (χ0) is 11.5. The van der Waals surface area contributed by atoms with Gasteiger partial charge in [-0.2, -0.15) is 0 Å². The highest BCUT2D eigenvalue weighted by atomic mass is 16.1. The van der Waals surface area contributed by atoms with Crippen molar-refractivity contribution in [3.05, 3.63) is 40.4 Å². The third-order valence-electron chi connectivity index (χ3n) is 2.55. The summed E-state index contributed by atoms with van der Waals surface area (Å²) in [7, 11) is 0. The lowest BCUT2D eigenvalue weighted by Gasteiger charge is -2.07. The van der Waals surface area contributed by atoms with E-state index in [1.54, 1.807) is 18.2 Å². The van der Waals surface area contributed by atoms with Crippen LogP contribution in [0.5, 0.6) is 0 Å². The van der Waals surface area contributed by atoms with Gasteiger partial charge in [0.05, 0.1) is 10.9 Å². The van der Waals surface area contributed by atoms with Crippen LogP contribution in [0.15, 0.2) is 29.1 Å². The third kappa shape index (κ3) is 1.86. The summed E-state index contributed by atoms with van der Waals surface area (Å²) in [6.07, 6.45) is 1.20. The van der Waals surface area contributed by atoms with E-state index in [0.29, 0.717) is 23.1 Å². The van der Waals surface area contributed by atoms with Gasteiger partial charge < -0.3 is 9.78 Å². The van der Waals surface area contributed by atoms with E-state index in [2.05, 4.69) is 9.97 Å². The van der Waals surface area contributed by atoms with E-state index in [-0.39, 0.29) is 11.5 Å². The largest absolute Gasteiger partial charge is 0.310 e. The maximum absolute atomic E-state index is 11.7. The summed E-state index contributed by atoms with van der Waals surface area (Å²) < 4.78 is 0. The monoisotopic (exact) mass is 216 g/mol. The van der Waals surface area contributed by atoms with Crippen LogP contribution in [0, 0.1) is 0 Å². The molecule has 1 aromatic heterocycles. The molecule has 4 nitrogen and oxygen atoms in total. The van der Waals surface area contributed by atoms with E-state index in [1.807, 2.05) is 13.0 Å². The third-order valence-corrected chi connectivity index (χ3v) is 2.55. The standard InChI is InChI=1S/C12H12N2O2/c1-8(6-7-15)11-13-10-5-3-2-4-9(10)12(16)14-11/h2-5,7-8H,6H2,1H3,(H,13,14,16)/t8-/m0/s1. The summed E-state index contributed by atoms with van der Waals surface area (Å²) in [5.41, 5.74) is 0.511. The molecular weight excluding hydrogens is 204 g/mol. The lowest BCUT2D eigenvalue weighted by atomic mass is 10.1. The van der Waals surface area contributed by atoms with Gasteiger partial charge in [-0.05, 0) is 12.1 Å². The number of rotatable bonds is 3. The second-order valence-electron chi connectivity index (χ2n) is 3.77. The normalized spacial score (nSPS) is 12.6. The fraction of sp³-hybridized carbons (Fsp3) is 0.250. The first-order valence-electron chi connectivity index (χ1n) is 5.15. The molecule has 2 aromatic rings. The Kier molecular flexibility index (Phi) is 2.81. The number of aldehydes is 1. The lowest BCUT2D eigenvalue weighted by molar-refractivity contribution is -0.108. The Bertz CT molecular complexity index is 574. The van der Waals surface area contributed by atoms with Gasteiger partial charge in [-0.15, -0.1) is 0 Å². The average molecular weight is 216 g/mol. The maximum atomic E-state index is 11.7. The first-order chi connectivity index (χ1) is 7.72. The van der Waals surface area contributed by atoms with Crippen molar-refractivity contribution >= 4 is 17.2 Å². The highest BCUT2D eigenvalue weighted by molar-refractivity contribution is 5.77. The summed E-state index contributed by atoms with van der Waals surface area (Å²) >= 11 is 0. The van der Waals surface area contributed by atoms with E-state index in [4.69, 9.17) is 0 Å². The lowest BCUT2D eigenvalue weighted by Crippen LogP contribution is -2.13. The van der Waals surface area contributed by atoms with Crippen molar-refractivity contribution in [2.75, 3.05) is 0 Å². The van der Waals surface area contributed by atoms with Gasteiger partial charge in [-0.1, -0.05) is 19.1 Å². The van der Waals surface area contributed by atoms with Crippen molar-refractivity contribution in [1.82, 2.24) is 9.97 Å². The van der Waals surface area contributed by atoms with E-state index >= 15 is 0 Å². The molecular formula is C12H12N2O2. The van der Waals surface area contributed by atoms with Crippen LogP contribution in [-0.4, -0.2) is 16.3 Å². The fourth-order valence-corrected chi connectivity index (χ4v) is 1.59. The molecule has 0 aliphatic heterocycles. The van der Waals surface area contributed by atoms with Gasteiger partial charge in [0.1, 0.15) is 12.1 Å².